The van der Waals surface area contributed by atoms with Crippen molar-refractivity contribution in [1.82, 2.24) is 25.0 Å². The van der Waals surface area contributed by atoms with Gasteiger partial charge < -0.3 is 19.5 Å². The number of nitrogens with one attached hydrogen (secondary N) is 1. The average molecular weight is 538 g/mol. The molecule has 0 bridgehead atoms. The van der Waals surface area contributed by atoms with Crippen molar-refractivity contribution in [1.29, 1.82) is 0 Å². The molecule has 2 aliphatic rings. The summed E-state index contributed by atoms with van der Waals surface area (Å²) < 4.78 is 5.67. The highest BCUT2D eigenvalue weighted by Crippen LogP contribution is 2.29. The second kappa shape index (κ2) is 11.7. The predicted octanol–water partition coefficient (Wildman–Crippen LogP) is 4.73. The Morgan fingerprint density at radius 3 is 2.50 bits per heavy atom. The lowest BCUT2D eigenvalue weighted by Gasteiger charge is -2.48. The van der Waals surface area contributed by atoms with Gasteiger partial charge in [0.15, 0.2) is 0 Å². The van der Waals surface area contributed by atoms with Gasteiger partial charge in [0.25, 0.3) is 11.8 Å². The quantitative estimate of drug-likeness (QED) is 0.462. The van der Waals surface area contributed by atoms with Crippen molar-refractivity contribution >= 4 is 29.2 Å². The molecular weight excluding hydrogens is 502 g/mol. The van der Waals surface area contributed by atoms with Crippen molar-refractivity contribution < 1.29 is 9.21 Å². The number of aromatic nitrogens is 3. The van der Waals surface area contributed by atoms with E-state index in [1.807, 2.05) is 36.9 Å². The number of piperazine rings is 1. The average Bonchev–Trinajstić information content (AvgIpc) is 3.42. The zero-order chi connectivity index (χ0) is 26.6. The monoisotopic (exact) mass is 537 g/mol. The van der Waals surface area contributed by atoms with E-state index in [1.165, 1.54) is 0 Å². The van der Waals surface area contributed by atoms with Gasteiger partial charge in [0.1, 0.15) is 5.69 Å². The summed E-state index contributed by atoms with van der Waals surface area (Å²) in [5, 5.41) is 11.8. The molecule has 0 unspecified atom stereocenters. The standard InChI is InChI=1S/C28H36ClN7O2/c1-4-22-18-35(25-11-10-24(31-19(25)3)26-32-33-28(38-26)30-5-2)16-17-36(22)23-12-14-34(15-13-23)27(37)20-6-8-21(29)9-7-20/h6-11,22-23H,4-5,12-18H2,1-3H3,(H,30,33)/t22-/m0/s1. The first-order valence-electron chi connectivity index (χ1n) is 13.6. The molecule has 0 radical (unpaired) electrons. The highest BCUT2D eigenvalue weighted by atomic mass is 35.5. The van der Waals surface area contributed by atoms with Gasteiger partial charge in [0.2, 0.25) is 0 Å². The zero-order valence-corrected chi connectivity index (χ0v) is 23.1. The minimum absolute atomic E-state index is 0.0989. The molecule has 2 aliphatic heterocycles. The number of rotatable bonds is 7. The summed E-state index contributed by atoms with van der Waals surface area (Å²) in [5.74, 6) is 0.523. The number of nitrogens with zero attached hydrogens (tertiary/aromatic N) is 6. The van der Waals surface area contributed by atoms with Gasteiger partial charge in [-0.1, -0.05) is 23.6 Å². The van der Waals surface area contributed by atoms with Crippen molar-refractivity contribution in [3.8, 4) is 11.6 Å². The maximum atomic E-state index is 12.9. The summed E-state index contributed by atoms with van der Waals surface area (Å²) in [7, 11) is 0. The molecular formula is C28H36ClN7O2. The Bertz CT molecular complexity index is 1240. The number of hydrogen-bond acceptors (Lipinski definition) is 8. The maximum absolute atomic E-state index is 12.9. The van der Waals surface area contributed by atoms with E-state index in [1.54, 1.807) is 12.1 Å². The van der Waals surface area contributed by atoms with Crippen LogP contribution in [0.2, 0.25) is 5.02 Å². The van der Waals surface area contributed by atoms with Crippen molar-refractivity contribution in [3.05, 3.63) is 52.7 Å². The van der Waals surface area contributed by atoms with Crippen molar-refractivity contribution in [2.45, 2.75) is 52.1 Å². The molecule has 0 spiro atoms. The van der Waals surface area contributed by atoms with Gasteiger partial charge in [-0.2, -0.15) is 0 Å². The van der Waals surface area contributed by atoms with Crippen LogP contribution in [-0.4, -0.2) is 82.2 Å². The minimum atomic E-state index is 0.0989. The number of halogens is 1. The number of carbonyl (C=O) groups is 1. The molecule has 9 nitrogen and oxygen atoms in total. The molecule has 2 fully saturated rings. The van der Waals surface area contributed by atoms with Crippen LogP contribution >= 0.6 is 11.6 Å². The van der Waals surface area contributed by atoms with E-state index in [4.69, 9.17) is 21.0 Å². The molecule has 1 N–H and O–H groups in total. The number of benzene rings is 1. The third-order valence-corrected chi connectivity index (χ3v) is 7.93. The molecule has 2 aromatic heterocycles. The van der Waals surface area contributed by atoms with Crippen LogP contribution in [0.15, 0.2) is 40.8 Å². The summed E-state index contributed by atoms with van der Waals surface area (Å²) in [6.45, 7) is 11.5. The number of piperidine rings is 1. The normalized spacial score (nSPS) is 19.1. The fraction of sp³-hybridized carbons (Fsp3) is 0.500. The number of pyridine rings is 1. The number of likely N-dealkylation sites (tertiary alicyclic amines) is 1. The van der Waals surface area contributed by atoms with E-state index in [0.29, 0.717) is 40.3 Å². The van der Waals surface area contributed by atoms with Gasteiger partial charge in [-0.25, -0.2) is 4.98 Å². The second-order valence-corrected chi connectivity index (χ2v) is 10.5. The largest absolute Gasteiger partial charge is 0.402 e. The molecule has 3 aromatic rings. The summed E-state index contributed by atoms with van der Waals surface area (Å²) in [4.78, 5) is 24.8. The highest BCUT2D eigenvalue weighted by Gasteiger charge is 2.34. The fourth-order valence-electron chi connectivity index (χ4n) is 5.66. The van der Waals surface area contributed by atoms with E-state index in [-0.39, 0.29) is 5.91 Å². The van der Waals surface area contributed by atoms with E-state index >= 15 is 0 Å². The molecule has 1 amide bonds. The van der Waals surface area contributed by atoms with E-state index in [9.17, 15) is 4.79 Å². The topological polar surface area (TPSA) is 90.6 Å². The van der Waals surface area contributed by atoms with Gasteiger partial charge in [-0.15, -0.1) is 5.10 Å². The molecule has 5 rings (SSSR count). The molecule has 202 valence electrons. The number of hydrogen-bond donors (Lipinski definition) is 1. The Morgan fingerprint density at radius 2 is 1.82 bits per heavy atom. The zero-order valence-electron chi connectivity index (χ0n) is 22.4. The molecule has 1 atom stereocenters. The van der Waals surface area contributed by atoms with Crippen LogP contribution < -0.4 is 10.2 Å². The lowest BCUT2D eigenvalue weighted by molar-refractivity contribution is 0.0491. The van der Waals surface area contributed by atoms with Crippen LogP contribution in [0.25, 0.3) is 11.6 Å². The lowest BCUT2D eigenvalue weighted by atomic mass is 9.97. The van der Waals surface area contributed by atoms with Crippen LogP contribution in [0.3, 0.4) is 0 Å². The number of aryl methyl sites for hydroxylation is 1. The maximum Gasteiger partial charge on any atom is 0.315 e. The van der Waals surface area contributed by atoms with Crippen LogP contribution in [0.1, 0.15) is 49.2 Å². The molecule has 0 saturated carbocycles. The third kappa shape index (κ3) is 5.63. The number of carbonyl (C=O) groups excluding carboxylic acids is 1. The van der Waals surface area contributed by atoms with E-state index < -0.39 is 0 Å². The summed E-state index contributed by atoms with van der Waals surface area (Å²) in [5.41, 5.74) is 3.51. The Balaban J connectivity index is 1.19. The van der Waals surface area contributed by atoms with Gasteiger partial charge >= 0.3 is 6.01 Å². The Morgan fingerprint density at radius 1 is 1.05 bits per heavy atom. The molecule has 38 heavy (non-hydrogen) atoms. The minimum Gasteiger partial charge on any atom is -0.402 e. The fourth-order valence-corrected chi connectivity index (χ4v) is 5.79. The van der Waals surface area contributed by atoms with Crippen molar-refractivity contribution in [2.75, 3.05) is 49.5 Å². The number of amides is 1. The highest BCUT2D eigenvalue weighted by molar-refractivity contribution is 6.30. The van der Waals surface area contributed by atoms with E-state index in [2.05, 4.69) is 38.3 Å². The van der Waals surface area contributed by atoms with Gasteiger partial charge in [-0.05, 0) is 69.5 Å². The SMILES string of the molecule is CCNc1nnc(-c2ccc(N3CCN(C4CCN(C(=O)c5ccc(Cl)cc5)CC4)[C@@H](CC)C3)c(C)n2)o1. The molecule has 2 saturated heterocycles. The Kier molecular flexibility index (Phi) is 8.14. The first kappa shape index (κ1) is 26.4. The van der Waals surface area contributed by atoms with Gasteiger partial charge in [0, 0.05) is 61.9 Å². The van der Waals surface area contributed by atoms with Crippen molar-refractivity contribution in [3.63, 3.8) is 0 Å². The summed E-state index contributed by atoms with van der Waals surface area (Å²) >= 11 is 5.99. The van der Waals surface area contributed by atoms with Crippen LogP contribution in [0, 0.1) is 6.92 Å². The Labute approximate surface area is 229 Å². The van der Waals surface area contributed by atoms with Crippen LogP contribution in [-0.2, 0) is 0 Å². The third-order valence-electron chi connectivity index (χ3n) is 7.68. The molecule has 10 heteroatoms. The van der Waals surface area contributed by atoms with Crippen molar-refractivity contribution in [2.24, 2.45) is 0 Å². The lowest BCUT2D eigenvalue weighted by Crippen LogP contribution is -2.58. The Hall–Kier alpha value is -3.17. The van der Waals surface area contributed by atoms with Gasteiger partial charge in [-0.3, -0.25) is 9.69 Å². The molecule has 0 aliphatic carbocycles. The van der Waals surface area contributed by atoms with Crippen LogP contribution in [0.4, 0.5) is 11.7 Å². The van der Waals surface area contributed by atoms with Crippen LogP contribution in [0.5, 0.6) is 0 Å². The molecule has 4 heterocycles. The first-order valence-corrected chi connectivity index (χ1v) is 14.0. The summed E-state index contributed by atoms with van der Waals surface area (Å²) in [6.07, 6.45) is 3.09. The first-order chi connectivity index (χ1) is 18.5. The predicted molar refractivity (Wildman–Crippen MR) is 150 cm³/mol. The van der Waals surface area contributed by atoms with Gasteiger partial charge in [0.05, 0.1) is 11.4 Å². The smallest absolute Gasteiger partial charge is 0.315 e. The van der Waals surface area contributed by atoms with E-state index in [0.717, 1.165) is 69.9 Å². The second-order valence-electron chi connectivity index (χ2n) is 10.0. The summed E-state index contributed by atoms with van der Waals surface area (Å²) in [6, 6.07) is 12.7. The number of anilines is 2. The molecule has 1 aromatic carbocycles.